The second-order valence-electron chi connectivity index (χ2n) is 3.34. The average molecular weight is 244 g/mol. The molecule has 0 aliphatic heterocycles. The molecule has 1 aromatic heterocycles. The Morgan fingerprint density at radius 1 is 1.35 bits per heavy atom. The largest absolute Gasteiger partial charge is 0.233 e. The summed E-state index contributed by atoms with van der Waals surface area (Å²) >= 11 is 1.51. The van der Waals surface area contributed by atoms with Gasteiger partial charge in [0.05, 0.1) is 16.6 Å². The molecule has 0 radical (unpaired) electrons. The van der Waals surface area contributed by atoms with Crippen molar-refractivity contribution in [2.45, 2.75) is 6.92 Å². The molecule has 2 rings (SSSR count). The molecular formula is C13H7FN2S. The highest BCUT2D eigenvalue weighted by molar-refractivity contribution is 7.09. The van der Waals surface area contributed by atoms with Crippen molar-refractivity contribution in [2.75, 3.05) is 0 Å². The van der Waals surface area contributed by atoms with Gasteiger partial charge in [-0.1, -0.05) is 5.92 Å². The highest BCUT2D eigenvalue weighted by Gasteiger charge is 1.98. The highest BCUT2D eigenvalue weighted by Crippen LogP contribution is 2.09. The van der Waals surface area contributed by atoms with Gasteiger partial charge in [-0.2, -0.15) is 5.26 Å². The van der Waals surface area contributed by atoms with Gasteiger partial charge in [-0.25, -0.2) is 9.37 Å². The van der Waals surface area contributed by atoms with Crippen LogP contribution >= 0.6 is 11.3 Å². The third kappa shape index (κ3) is 2.90. The molecule has 0 saturated carbocycles. The fourth-order valence-electron chi connectivity index (χ4n) is 1.28. The van der Waals surface area contributed by atoms with Gasteiger partial charge in [0.1, 0.15) is 11.5 Å². The van der Waals surface area contributed by atoms with Gasteiger partial charge >= 0.3 is 0 Å². The minimum absolute atomic E-state index is 0.267. The van der Waals surface area contributed by atoms with Gasteiger partial charge in [-0.05, 0) is 31.0 Å². The minimum Gasteiger partial charge on any atom is -0.233 e. The zero-order valence-electron chi connectivity index (χ0n) is 8.99. The number of nitrogens with zero attached hydrogens (tertiary/aromatic N) is 2. The quantitative estimate of drug-likeness (QED) is 0.668. The summed E-state index contributed by atoms with van der Waals surface area (Å²) in [6.07, 6.45) is 0. The molecule has 82 valence electrons. The zero-order chi connectivity index (χ0) is 12.3. The van der Waals surface area contributed by atoms with E-state index < -0.39 is 5.82 Å². The fraction of sp³-hybridized carbons (Fsp3) is 0.0769. The topological polar surface area (TPSA) is 36.7 Å². The fourth-order valence-corrected chi connectivity index (χ4v) is 1.83. The predicted molar refractivity (Wildman–Crippen MR) is 63.9 cm³/mol. The summed E-state index contributed by atoms with van der Waals surface area (Å²) in [5.41, 5.74) is 1.41. The number of nitriles is 1. The van der Waals surface area contributed by atoms with E-state index in [1.165, 1.54) is 23.5 Å². The molecule has 4 heteroatoms. The number of halogens is 1. The number of hydrogen-bond donors (Lipinski definition) is 0. The molecule has 0 spiro atoms. The van der Waals surface area contributed by atoms with E-state index in [-0.39, 0.29) is 5.56 Å². The summed E-state index contributed by atoms with van der Waals surface area (Å²) < 4.78 is 13.1. The summed E-state index contributed by atoms with van der Waals surface area (Å²) in [5, 5.41) is 11.5. The first kappa shape index (κ1) is 11.3. The van der Waals surface area contributed by atoms with Crippen LogP contribution in [0.25, 0.3) is 0 Å². The number of aromatic nitrogens is 1. The third-order valence-electron chi connectivity index (χ3n) is 1.98. The van der Waals surface area contributed by atoms with Gasteiger partial charge in [-0.15, -0.1) is 11.3 Å². The molecule has 0 bridgehead atoms. The molecule has 2 nitrogen and oxygen atoms in total. The van der Waals surface area contributed by atoms with Crippen molar-refractivity contribution in [3.05, 3.63) is 51.2 Å². The third-order valence-corrected chi connectivity index (χ3v) is 2.75. The van der Waals surface area contributed by atoms with Gasteiger partial charge in [0, 0.05) is 10.9 Å². The molecule has 0 saturated heterocycles. The van der Waals surface area contributed by atoms with Gasteiger partial charge in [-0.3, -0.25) is 0 Å². The van der Waals surface area contributed by atoms with E-state index in [0.29, 0.717) is 11.3 Å². The first-order valence-corrected chi connectivity index (χ1v) is 5.70. The van der Waals surface area contributed by atoms with E-state index in [1.54, 1.807) is 6.07 Å². The summed E-state index contributed by atoms with van der Waals surface area (Å²) in [7, 11) is 0. The Balaban J connectivity index is 2.34. The molecule has 0 N–H and O–H groups in total. The lowest BCUT2D eigenvalue weighted by molar-refractivity contribution is 0.627. The summed E-state index contributed by atoms with van der Waals surface area (Å²) in [5.74, 6) is 5.17. The number of benzene rings is 1. The lowest BCUT2D eigenvalue weighted by atomic mass is 10.1. The number of thiazole rings is 1. The molecule has 0 aliphatic rings. The maximum absolute atomic E-state index is 13.1. The van der Waals surface area contributed by atoms with Crippen molar-refractivity contribution in [3.8, 4) is 17.9 Å². The van der Waals surface area contributed by atoms with Crippen molar-refractivity contribution in [1.29, 1.82) is 5.26 Å². The van der Waals surface area contributed by atoms with E-state index in [0.717, 1.165) is 5.01 Å². The van der Waals surface area contributed by atoms with Crippen molar-refractivity contribution < 1.29 is 4.39 Å². The van der Waals surface area contributed by atoms with Crippen LogP contribution in [-0.2, 0) is 0 Å². The minimum atomic E-state index is -0.456. The van der Waals surface area contributed by atoms with Crippen LogP contribution < -0.4 is 0 Å². The van der Waals surface area contributed by atoms with E-state index in [4.69, 9.17) is 5.26 Å². The SMILES string of the molecule is Cc1n[14c](C#Cc2cc(F)cc(C#N)c2)cs1. The summed E-state index contributed by atoms with van der Waals surface area (Å²) in [4.78, 5) is 4.18. The summed E-state index contributed by atoms with van der Waals surface area (Å²) in [6, 6.07) is 5.92. The number of hydrogen-bond acceptors (Lipinski definition) is 3. The standard InChI is InChI=1S/C13H7FN2S/c1-9-16-13(8-17-9)3-2-10-4-11(7-15)6-12(14)5-10/h4-6,8H,1H3/i13+2. The molecule has 1 aromatic carbocycles. The lowest BCUT2D eigenvalue weighted by Crippen LogP contribution is -1.83. The van der Waals surface area contributed by atoms with Gasteiger partial charge in [0.25, 0.3) is 0 Å². The van der Waals surface area contributed by atoms with Gasteiger partial charge < -0.3 is 0 Å². The van der Waals surface area contributed by atoms with E-state index in [9.17, 15) is 4.39 Å². The maximum atomic E-state index is 13.1. The van der Waals surface area contributed by atoms with Crippen molar-refractivity contribution in [3.63, 3.8) is 0 Å². The smallest absolute Gasteiger partial charge is 0.125 e. The van der Waals surface area contributed by atoms with E-state index in [2.05, 4.69) is 16.8 Å². The molecule has 0 atom stereocenters. The molecule has 0 amide bonds. The first-order valence-electron chi connectivity index (χ1n) is 4.82. The maximum Gasteiger partial charge on any atom is 0.125 e. The van der Waals surface area contributed by atoms with Crippen LogP contribution in [0.1, 0.15) is 21.8 Å². The second kappa shape index (κ2) is 4.78. The average Bonchev–Trinajstić information content (AvgIpc) is 2.72. The van der Waals surface area contributed by atoms with E-state index >= 15 is 0 Å². The Bertz CT molecular complexity index is 656. The van der Waals surface area contributed by atoms with Crippen molar-refractivity contribution >= 4 is 11.3 Å². The normalized spacial score (nSPS) is 9.24. The van der Waals surface area contributed by atoms with Crippen LogP contribution in [0, 0.1) is 35.9 Å². The molecule has 1 heterocycles. The predicted octanol–water partition coefficient (Wildman–Crippen LogP) is 2.86. The Morgan fingerprint density at radius 3 is 2.76 bits per heavy atom. The zero-order valence-corrected chi connectivity index (χ0v) is 9.81. The second-order valence-corrected chi connectivity index (χ2v) is 4.40. The Labute approximate surface area is 102 Å². The highest BCUT2D eigenvalue weighted by atomic mass is 32.1. The van der Waals surface area contributed by atoms with Crippen LogP contribution in [0.3, 0.4) is 0 Å². The Kier molecular flexibility index (Phi) is 3.18. The number of rotatable bonds is 0. The Hall–Kier alpha value is -2.17. The monoisotopic (exact) mass is 244 g/mol. The molecular weight excluding hydrogens is 237 g/mol. The molecule has 0 unspecified atom stereocenters. The number of aryl methyl sites for hydroxylation is 1. The van der Waals surface area contributed by atoms with Crippen LogP contribution in [-0.4, -0.2) is 4.98 Å². The summed E-state index contributed by atoms with van der Waals surface area (Å²) in [6.45, 7) is 1.89. The Morgan fingerprint density at radius 2 is 2.12 bits per heavy atom. The van der Waals surface area contributed by atoms with Gasteiger partial charge in [0.15, 0.2) is 0 Å². The van der Waals surface area contributed by atoms with Crippen LogP contribution in [0.4, 0.5) is 4.39 Å². The van der Waals surface area contributed by atoms with Crippen LogP contribution in [0.5, 0.6) is 0 Å². The van der Waals surface area contributed by atoms with Crippen LogP contribution in [0.15, 0.2) is 23.6 Å². The lowest BCUT2D eigenvalue weighted by Gasteiger charge is -1.92. The van der Waals surface area contributed by atoms with Crippen molar-refractivity contribution in [2.24, 2.45) is 0 Å². The first-order chi connectivity index (χ1) is 8.17. The van der Waals surface area contributed by atoms with Crippen molar-refractivity contribution in [1.82, 2.24) is 4.98 Å². The van der Waals surface area contributed by atoms with Crippen LogP contribution in [0.2, 0.25) is 0 Å². The molecule has 0 aliphatic carbocycles. The van der Waals surface area contributed by atoms with E-state index in [1.807, 2.05) is 18.4 Å². The molecule has 2 aromatic rings. The van der Waals surface area contributed by atoms with Gasteiger partial charge in [0.2, 0.25) is 0 Å². The molecule has 17 heavy (non-hydrogen) atoms. The molecule has 0 fully saturated rings.